The van der Waals surface area contributed by atoms with E-state index in [1.165, 1.54) is 0 Å². The van der Waals surface area contributed by atoms with Gasteiger partial charge in [0.1, 0.15) is 0 Å². The molecule has 0 bridgehead atoms. The van der Waals surface area contributed by atoms with Gasteiger partial charge >= 0.3 is 16.5 Å². The van der Waals surface area contributed by atoms with Gasteiger partial charge in [0, 0.05) is 13.7 Å². The van der Waals surface area contributed by atoms with E-state index in [1.54, 1.807) is 7.11 Å². The van der Waals surface area contributed by atoms with E-state index in [-0.39, 0.29) is 0 Å². The molecule has 0 unspecified atom stereocenters. The summed E-state index contributed by atoms with van der Waals surface area (Å²) in [7, 11) is 3.77. The molecule has 0 aliphatic rings. The van der Waals surface area contributed by atoms with Crippen molar-refractivity contribution >= 4 is 16.5 Å². The molecule has 4 heteroatoms. The Morgan fingerprint density at radius 2 is 2.00 bits per heavy atom. The van der Waals surface area contributed by atoms with E-state index < -0.39 is 0 Å². The molecule has 0 rings (SSSR count). The molecule has 0 aromatic carbocycles. The number of methoxy groups -OCH3 is 1. The summed E-state index contributed by atoms with van der Waals surface area (Å²) < 4.78 is 12.3. The van der Waals surface area contributed by atoms with Crippen LogP contribution in [0.2, 0.25) is 0 Å². The molecular formula is C6H16AlNO2. The summed E-state index contributed by atoms with van der Waals surface area (Å²) >= 11 is 1.11. The van der Waals surface area contributed by atoms with Gasteiger partial charge in [-0.25, -0.2) is 0 Å². The standard InChI is InChI=1S/C6H14NO2.Al.2H/c1-7-3-4-9-6-5-8-2;;;/h3-6H2,1-2H3;;;/q-1;+1;;. The minimum atomic E-state index is 0.699. The molecule has 0 aliphatic heterocycles. The van der Waals surface area contributed by atoms with Crippen LogP contribution in [0.15, 0.2) is 0 Å². The van der Waals surface area contributed by atoms with Gasteiger partial charge in [-0.2, -0.15) is 0 Å². The second kappa shape index (κ2) is 7.52. The van der Waals surface area contributed by atoms with E-state index in [4.69, 9.17) is 9.47 Å². The molecule has 0 aliphatic carbocycles. The van der Waals surface area contributed by atoms with Crippen molar-refractivity contribution in [3.05, 3.63) is 0 Å². The van der Waals surface area contributed by atoms with Crippen molar-refractivity contribution < 1.29 is 9.47 Å². The van der Waals surface area contributed by atoms with Crippen LogP contribution in [0.25, 0.3) is 0 Å². The normalized spacial score (nSPS) is 10.7. The number of hydrogen-bond acceptors (Lipinski definition) is 3. The first-order chi connectivity index (χ1) is 4.77. The van der Waals surface area contributed by atoms with Crippen LogP contribution in [0.1, 0.15) is 0 Å². The SMILES string of the molecule is COCCOCC[N](C)[AlH2]. The molecule has 0 fully saturated rings. The largest absolute Gasteiger partial charge is 0.391 e. The number of ether oxygens (including phenoxy) is 2. The first-order valence-electron chi connectivity index (χ1n) is 3.48. The van der Waals surface area contributed by atoms with E-state index >= 15 is 0 Å². The van der Waals surface area contributed by atoms with Crippen molar-refractivity contribution in [2.24, 2.45) is 0 Å². The predicted octanol–water partition coefficient (Wildman–Crippen LogP) is -0.871. The Bertz CT molecular complexity index is 70.8. The van der Waals surface area contributed by atoms with Crippen LogP contribution in [-0.2, 0) is 9.47 Å². The maximum Gasteiger partial charge on any atom is 0.321 e. The van der Waals surface area contributed by atoms with Crippen molar-refractivity contribution in [3.63, 3.8) is 0 Å². The van der Waals surface area contributed by atoms with Gasteiger partial charge in [-0.05, 0) is 7.05 Å². The Kier molecular flexibility index (Phi) is 7.83. The molecule has 3 nitrogen and oxygen atoms in total. The molecule has 0 aromatic rings. The van der Waals surface area contributed by atoms with Crippen LogP contribution in [0.3, 0.4) is 0 Å². The fourth-order valence-electron chi connectivity index (χ4n) is 0.491. The maximum absolute atomic E-state index is 5.24. The summed E-state index contributed by atoms with van der Waals surface area (Å²) in [5, 5.41) is 0. The maximum atomic E-state index is 5.24. The van der Waals surface area contributed by atoms with Gasteiger partial charge < -0.3 is 13.4 Å². The minimum Gasteiger partial charge on any atom is -0.391 e. The summed E-state index contributed by atoms with van der Waals surface area (Å²) in [5.74, 6) is 0. The smallest absolute Gasteiger partial charge is 0.321 e. The lowest BCUT2D eigenvalue weighted by atomic mass is 10.7. The Labute approximate surface area is 70.9 Å². The second-order valence-corrected chi connectivity index (χ2v) is 3.94. The summed E-state index contributed by atoms with van der Waals surface area (Å²) in [6.45, 7) is 3.27. The van der Waals surface area contributed by atoms with E-state index in [0.29, 0.717) is 13.2 Å². The van der Waals surface area contributed by atoms with Gasteiger partial charge in [0.15, 0.2) is 0 Å². The fourth-order valence-corrected chi connectivity index (χ4v) is 0.674. The lowest BCUT2D eigenvalue weighted by Gasteiger charge is -2.09. The molecule has 60 valence electrons. The topological polar surface area (TPSA) is 21.7 Å². The summed E-state index contributed by atoms with van der Waals surface area (Å²) in [4.78, 5) is 0. The molecule has 0 saturated carbocycles. The number of hydrogen-bond donors (Lipinski definition) is 0. The van der Waals surface area contributed by atoms with Gasteiger partial charge in [0.05, 0.1) is 19.8 Å². The van der Waals surface area contributed by atoms with Crippen LogP contribution in [0, 0.1) is 0 Å². The highest BCUT2D eigenvalue weighted by Gasteiger charge is 1.89. The van der Waals surface area contributed by atoms with Crippen LogP contribution in [0.5, 0.6) is 0 Å². The molecule has 10 heavy (non-hydrogen) atoms. The van der Waals surface area contributed by atoms with Crippen LogP contribution in [-0.4, -0.2) is 60.9 Å². The molecule has 0 heterocycles. The Morgan fingerprint density at radius 1 is 1.30 bits per heavy atom. The Balaban J connectivity index is 2.77. The van der Waals surface area contributed by atoms with Crippen LogP contribution < -0.4 is 0 Å². The second-order valence-electron chi connectivity index (χ2n) is 2.41. The molecule has 0 amide bonds. The van der Waals surface area contributed by atoms with Gasteiger partial charge in [-0.1, -0.05) is 0 Å². The third kappa shape index (κ3) is 8.41. The predicted molar refractivity (Wildman–Crippen MR) is 43.9 cm³/mol. The zero-order valence-corrected chi connectivity index (χ0v) is 9.09. The highest BCUT2D eigenvalue weighted by molar-refractivity contribution is 6.04. The van der Waals surface area contributed by atoms with Crippen LogP contribution >= 0.6 is 0 Å². The van der Waals surface area contributed by atoms with Gasteiger partial charge in [0.25, 0.3) is 0 Å². The Morgan fingerprint density at radius 3 is 2.50 bits per heavy atom. The third-order valence-electron chi connectivity index (χ3n) is 1.11. The van der Waals surface area contributed by atoms with Gasteiger partial charge in [-0.15, -0.1) is 0 Å². The van der Waals surface area contributed by atoms with Crippen LogP contribution in [0.4, 0.5) is 0 Å². The first-order valence-corrected chi connectivity index (χ1v) is 4.38. The molecule has 0 aromatic heterocycles. The number of nitrogens with zero attached hydrogens (tertiary/aromatic N) is 1. The van der Waals surface area contributed by atoms with Crippen molar-refractivity contribution in [2.45, 2.75) is 0 Å². The zero-order valence-electron chi connectivity index (χ0n) is 7.09. The van der Waals surface area contributed by atoms with E-state index in [9.17, 15) is 0 Å². The highest BCUT2D eigenvalue weighted by atomic mass is 27.1. The summed E-state index contributed by atoms with van der Waals surface area (Å²) in [6, 6.07) is 0. The van der Waals surface area contributed by atoms with E-state index in [0.717, 1.165) is 29.7 Å². The van der Waals surface area contributed by atoms with Crippen molar-refractivity contribution in [1.82, 2.24) is 3.88 Å². The molecule has 0 spiro atoms. The molecule has 0 N–H and O–H groups in total. The van der Waals surface area contributed by atoms with Gasteiger partial charge in [-0.3, -0.25) is 0 Å². The lowest BCUT2D eigenvalue weighted by Crippen LogP contribution is -2.20. The Hall–Kier alpha value is 0.412. The van der Waals surface area contributed by atoms with E-state index in [2.05, 4.69) is 10.9 Å². The zero-order chi connectivity index (χ0) is 7.82. The first kappa shape index (κ1) is 10.4. The highest BCUT2D eigenvalue weighted by Crippen LogP contribution is 1.77. The minimum absolute atomic E-state index is 0.699. The average Bonchev–Trinajstić information content (AvgIpc) is 1.87. The number of likely N-dealkylation sites (N-methyl/N-ethyl adjacent to an activating group) is 1. The molecule has 0 radical (unpaired) electrons. The average molecular weight is 161 g/mol. The van der Waals surface area contributed by atoms with E-state index in [1.807, 2.05) is 0 Å². The number of rotatable bonds is 6. The molecule has 0 atom stereocenters. The van der Waals surface area contributed by atoms with Crippen molar-refractivity contribution in [3.8, 4) is 0 Å². The molecule has 0 saturated heterocycles. The molecular weight excluding hydrogens is 145 g/mol. The van der Waals surface area contributed by atoms with Crippen molar-refractivity contribution in [1.29, 1.82) is 0 Å². The monoisotopic (exact) mass is 161 g/mol. The van der Waals surface area contributed by atoms with Gasteiger partial charge in [0.2, 0.25) is 0 Å². The lowest BCUT2D eigenvalue weighted by molar-refractivity contribution is 0.0675. The quantitative estimate of drug-likeness (QED) is 0.373. The van der Waals surface area contributed by atoms with Crippen molar-refractivity contribution in [2.75, 3.05) is 40.5 Å². The summed E-state index contributed by atoms with van der Waals surface area (Å²) in [6.07, 6.45) is 0. The third-order valence-corrected chi connectivity index (χ3v) is 1.56. The fraction of sp³-hybridized carbons (Fsp3) is 1.00. The summed E-state index contributed by atoms with van der Waals surface area (Å²) in [5.41, 5.74) is 0.